The van der Waals surface area contributed by atoms with Gasteiger partial charge in [0.05, 0.1) is 17.0 Å². The largest absolute Gasteiger partial charge is 0.308 e. The van der Waals surface area contributed by atoms with E-state index < -0.39 is 16.1 Å². The van der Waals surface area contributed by atoms with E-state index in [0.717, 1.165) is 36.1 Å². The van der Waals surface area contributed by atoms with Crippen LogP contribution in [0.3, 0.4) is 0 Å². The molecule has 0 unspecified atom stereocenters. The first-order valence-corrected chi connectivity index (χ1v) is 13.5. The summed E-state index contributed by atoms with van der Waals surface area (Å²) in [6.07, 6.45) is 1.90. The standard InChI is InChI=1S/C30H32N2O2S/c1-24-19-21-28(22-20-24)35(33,34)32-30(27-17-9-4-10-18-27)29(26-15-7-3-8-16-26)31-23-11-14-25-12-5-2-6-13-25/h2-10,12-13,15-22,29-32H,11,14,23H2,1H3/t29-,30-/m0/s1. The maximum absolute atomic E-state index is 13.4. The molecular weight excluding hydrogens is 452 g/mol. The number of hydrogen-bond acceptors (Lipinski definition) is 3. The van der Waals surface area contributed by atoms with E-state index in [4.69, 9.17) is 0 Å². The van der Waals surface area contributed by atoms with Crippen LogP contribution in [-0.4, -0.2) is 15.0 Å². The molecule has 5 heteroatoms. The molecule has 0 fully saturated rings. The predicted octanol–water partition coefficient (Wildman–Crippen LogP) is 5.98. The molecule has 0 spiro atoms. The summed E-state index contributed by atoms with van der Waals surface area (Å²) in [5.74, 6) is 0. The Balaban J connectivity index is 1.61. The van der Waals surface area contributed by atoms with Crippen molar-refractivity contribution in [3.05, 3.63) is 138 Å². The van der Waals surface area contributed by atoms with E-state index in [2.05, 4.69) is 34.3 Å². The van der Waals surface area contributed by atoms with E-state index in [0.29, 0.717) is 0 Å². The fourth-order valence-electron chi connectivity index (χ4n) is 4.22. The van der Waals surface area contributed by atoms with Crippen LogP contribution in [0, 0.1) is 6.92 Å². The Kier molecular flexibility index (Phi) is 8.48. The van der Waals surface area contributed by atoms with Gasteiger partial charge < -0.3 is 5.32 Å². The molecule has 0 heterocycles. The maximum Gasteiger partial charge on any atom is 0.241 e. The lowest BCUT2D eigenvalue weighted by molar-refractivity contribution is 0.420. The molecule has 4 aromatic carbocycles. The van der Waals surface area contributed by atoms with Gasteiger partial charge in [-0.25, -0.2) is 13.1 Å². The first kappa shape index (κ1) is 24.9. The van der Waals surface area contributed by atoms with Gasteiger partial charge in [0, 0.05) is 0 Å². The van der Waals surface area contributed by atoms with Crippen LogP contribution in [0.2, 0.25) is 0 Å². The smallest absolute Gasteiger partial charge is 0.241 e. The monoisotopic (exact) mass is 484 g/mol. The Morgan fingerprint density at radius 1 is 0.657 bits per heavy atom. The lowest BCUT2D eigenvalue weighted by Crippen LogP contribution is -2.39. The van der Waals surface area contributed by atoms with Gasteiger partial charge in [0.25, 0.3) is 0 Å². The van der Waals surface area contributed by atoms with E-state index in [1.807, 2.05) is 85.8 Å². The first-order valence-electron chi connectivity index (χ1n) is 12.0. The Bertz CT molecular complexity index is 1280. The summed E-state index contributed by atoms with van der Waals surface area (Å²) in [6, 6.07) is 36.5. The summed E-state index contributed by atoms with van der Waals surface area (Å²) in [6.45, 7) is 2.70. The van der Waals surface area contributed by atoms with E-state index in [-0.39, 0.29) is 10.9 Å². The molecule has 4 aromatic rings. The highest BCUT2D eigenvalue weighted by molar-refractivity contribution is 7.89. The highest BCUT2D eigenvalue weighted by atomic mass is 32.2. The van der Waals surface area contributed by atoms with Crippen molar-refractivity contribution in [2.75, 3.05) is 6.54 Å². The average Bonchev–Trinajstić information content (AvgIpc) is 2.89. The number of nitrogens with one attached hydrogen (secondary N) is 2. The van der Waals surface area contributed by atoms with Gasteiger partial charge in [0.1, 0.15) is 0 Å². The molecule has 0 bridgehead atoms. The zero-order chi connectivity index (χ0) is 24.5. The van der Waals surface area contributed by atoms with E-state index in [1.165, 1.54) is 5.56 Å². The van der Waals surface area contributed by atoms with Crippen LogP contribution in [0.1, 0.15) is 40.8 Å². The van der Waals surface area contributed by atoms with E-state index >= 15 is 0 Å². The van der Waals surface area contributed by atoms with Gasteiger partial charge in [-0.05, 0) is 55.1 Å². The molecular formula is C30H32N2O2S. The summed E-state index contributed by atoms with van der Waals surface area (Å²) in [4.78, 5) is 0.264. The van der Waals surface area contributed by atoms with E-state index in [1.54, 1.807) is 12.1 Å². The van der Waals surface area contributed by atoms with Gasteiger partial charge in [-0.2, -0.15) is 0 Å². The number of aryl methyl sites for hydroxylation is 2. The zero-order valence-corrected chi connectivity index (χ0v) is 20.8. The molecule has 4 nitrogen and oxygen atoms in total. The fraction of sp³-hybridized carbons (Fsp3) is 0.200. The number of hydrogen-bond donors (Lipinski definition) is 2. The summed E-state index contributed by atoms with van der Waals surface area (Å²) < 4.78 is 29.9. The quantitative estimate of drug-likeness (QED) is 0.258. The summed E-state index contributed by atoms with van der Waals surface area (Å²) >= 11 is 0. The lowest BCUT2D eigenvalue weighted by atomic mass is 9.94. The predicted molar refractivity (Wildman–Crippen MR) is 143 cm³/mol. The van der Waals surface area contributed by atoms with Crippen LogP contribution in [0.4, 0.5) is 0 Å². The third-order valence-electron chi connectivity index (χ3n) is 6.11. The molecule has 0 saturated heterocycles. The number of benzene rings is 4. The molecule has 0 aliphatic carbocycles. The van der Waals surface area contributed by atoms with Crippen LogP contribution >= 0.6 is 0 Å². The Hall–Kier alpha value is -3.25. The Morgan fingerprint density at radius 3 is 1.74 bits per heavy atom. The van der Waals surface area contributed by atoms with Gasteiger partial charge in [0.15, 0.2) is 0 Å². The van der Waals surface area contributed by atoms with Gasteiger partial charge in [0.2, 0.25) is 10.0 Å². The van der Waals surface area contributed by atoms with Crippen molar-refractivity contribution in [3.8, 4) is 0 Å². The van der Waals surface area contributed by atoms with Crippen LogP contribution in [0.15, 0.2) is 120 Å². The molecule has 0 aliphatic heterocycles. The van der Waals surface area contributed by atoms with Gasteiger partial charge in [-0.1, -0.05) is 109 Å². The summed E-state index contributed by atoms with van der Waals surface area (Å²) in [5, 5.41) is 3.66. The highest BCUT2D eigenvalue weighted by Crippen LogP contribution is 2.31. The highest BCUT2D eigenvalue weighted by Gasteiger charge is 2.29. The van der Waals surface area contributed by atoms with Crippen LogP contribution in [-0.2, 0) is 16.4 Å². The van der Waals surface area contributed by atoms with Gasteiger partial charge >= 0.3 is 0 Å². The van der Waals surface area contributed by atoms with Crippen LogP contribution in [0.25, 0.3) is 0 Å². The summed E-state index contributed by atoms with van der Waals surface area (Å²) in [7, 11) is -3.74. The summed E-state index contributed by atoms with van der Waals surface area (Å²) in [5.41, 5.74) is 4.26. The number of sulfonamides is 1. The van der Waals surface area contributed by atoms with Crippen molar-refractivity contribution in [1.82, 2.24) is 10.0 Å². The lowest BCUT2D eigenvalue weighted by Gasteiger charge is -2.30. The van der Waals surface area contributed by atoms with Crippen LogP contribution in [0.5, 0.6) is 0 Å². The Labute approximate surface area is 209 Å². The SMILES string of the molecule is Cc1ccc(S(=O)(=O)N[C@@H](c2ccccc2)[C@@H](NCCCc2ccccc2)c2ccccc2)cc1. The molecule has 180 valence electrons. The first-order chi connectivity index (χ1) is 17.0. The minimum Gasteiger partial charge on any atom is -0.308 e. The average molecular weight is 485 g/mol. The normalized spacial score (nSPS) is 13.3. The molecule has 0 aliphatic rings. The molecule has 35 heavy (non-hydrogen) atoms. The van der Waals surface area contributed by atoms with Crippen LogP contribution < -0.4 is 10.0 Å². The molecule has 0 amide bonds. The van der Waals surface area contributed by atoms with Gasteiger partial charge in [-0.3, -0.25) is 0 Å². The van der Waals surface area contributed by atoms with Gasteiger partial charge in [-0.15, -0.1) is 0 Å². The molecule has 0 radical (unpaired) electrons. The Morgan fingerprint density at radius 2 is 1.17 bits per heavy atom. The van der Waals surface area contributed by atoms with E-state index in [9.17, 15) is 8.42 Å². The van der Waals surface area contributed by atoms with Crippen molar-refractivity contribution in [2.45, 2.75) is 36.7 Å². The second-order valence-electron chi connectivity index (χ2n) is 8.75. The molecule has 4 rings (SSSR count). The zero-order valence-electron chi connectivity index (χ0n) is 20.0. The fourth-order valence-corrected chi connectivity index (χ4v) is 5.46. The molecule has 0 saturated carbocycles. The number of rotatable bonds is 11. The third-order valence-corrected chi connectivity index (χ3v) is 7.57. The minimum absolute atomic E-state index is 0.241. The molecule has 2 N–H and O–H groups in total. The second-order valence-corrected chi connectivity index (χ2v) is 10.5. The second kappa shape index (κ2) is 11.9. The third kappa shape index (κ3) is 6.89. The van der Waals surface area contributed by atoms with Crippen molar-refractivity contribution < 1.29 is 8.42 Å². The van der Waals surface area contributed by atoms with Crippen molar-refractivity contribution in [3.63, 3.8) is 0 Å². The minimum atomic E-state index is -3.74. The van der Waals surface area contributed by atoms with Crippen molar-refractivity contribution in [1.29, 1.82) is 0 Å². The maximum atomic E-state index is 13.4. The van der Waals surface area contributed by atoms with Crippen molar-refractivity contribution in [2.24, 2.45) is 0 Å². The molecule has 0 aromatic heterocycles. The molecule has 2 atom stereocenters. The topological polar surface area (TPSA) is 58.2 Å². The van der Waals surface area contributed by atoms with Crippen molar-refractivity contribution >= 4 is 10.0 Å².